The van der Waals surface area contributed by atoms with Crippen molar-refractivity contribution in [3.8, 4) is 11.1 Å². The fourth-order valence-electron chi connectivity index (χ4n) is 6.64. The van der Waals surface area contributed by atoms with E-state index in [1.165, 1.54) is 6.92 Å². The fourth-order valence-corrected chi connectivity index (χ4v) is 6.64. The van der Waals surface area contributed by atoms with Crippen molar-refractivity contribution in [3.05, 3.63) is 156 Å². The van der Waals surface area contributed by atoms with Gasteiger partial charge in [0.1, 0.15) is 24.2 Å². The highest BCUT2D eigenvalue weighted by atomic mass is 16.4. The van der Waals surface area contributed by atoms with E-state index >= 15 is 0 Å². The zero-order valence-electron chi connectivity index (χ0n) is 33.0. The van der Waals surface area contributed by atoms with Crippen molar-refractivity contribution >= 4 is 35.5 Å². The van der Waals surface area contributed by atoms with Crippen molar-refractivity contribution in [2.24, 2.45) is 5.92 Å². The highest BCUT2D eigenvalue weighted by Crippen LogP contribution is 2.21. The molecule has 0 radical (unpaired) electrons. The normalized spacial score (nSPS) is 15.1. The number of rotatable bonds is 20. The Kier molecular flexibility index (Phi) is 16.3. The first-order valence-corrected chi connectivity index (χ1v) is 19.8. The van der Waals surface area contributed by atoms with Gasteiger partial charge in [-0.3, -0.25) is 28.8 Å². The van der Waals surface area contributed by atoms with Crippen molar-refractivity contribution in [2.75, 3.05) is 6.54 Å². The van der Waals surface area contributed by atoms with Gasteiger partial charge < -0.3 is 31.7 Å². The van der Waals surface area contributed by atoms with E-state index in [2.05, 4.69) is 26.6 Å². The van der Waals surface area contributed by atoms with E-state index in [-0.39, 0.29) is 44.1 Å². The van der Waals surface area contributed by atoms with E-state index in [0.29, 0.717) is 18.4 Å². The molecular weight excluding hydrogens is 747 g/mol. The van der Waals surface area contributed by atoms with Crippen LogP contribution in [0.5, 0.6) is 0 Å². The van der Waals surface area contributed by atoms with Crippen molar-refractivity contribution in [2.45, 2.75) is 69.6 Å². The first-order chi connectivity index (χ1) is 28.5. The number of allylic oxidation sites excluding steroid dienone is 4. The summed E-state index contributed by atoms with van der Waals surface area (Å²) in [5, 5.41) is 23.2. The van der Waals surface area contributed by atoms with Crippen LogP contribution in [0, 0.1) is 5.92 Å². The van der Waals surface area contributed by atoms with Crippen LogP contribution in [0.15, 0.2) is 140 Å². The van der Waals surface area contributed by atoms with Gasteiger partial charge in [-0.25, -0.2) is 0 Å². The highest BCUT2D eigenvalue weighted by molar-refractivity contribution is 5.96. The topological polar surface area (TPSA) is 183 Å². The van der Waals surface area contributed by atoms with Gasteiger partial charge in [0.05, 0.1) is 0 Å². The Morgan fingerprint density at radius 3 is 1.88 bits per heavy atom. The molecule has 5 amide bonds. The molecule has 0 spiro atoms. The van der Waals surface area contributed by atoms with Crippen LogP contribution in [-0.4, -0.2) is 71.3 Å². The summed E-state index contributed by atoms with van der Waals surface area (Å²) in [7, 11) is 0. The summed E-state index contributed by atoms with van der Waals surface area (Å²) in [5.41, 5.74) is 4.09. The molecule has 12 heteroatoms. The maximum absolute atomic E-state index is 14.3. The van der Waals surface area contributed by atoms with Crippen LogP contribution < -0.4 is 26.6 Å². The van der Waals surface area contributed by atoms with E-state index in [9.17, 15) is 33.9 Å². The van der Waals surface area contributed by atoms with Gasteiger partial charge in [0.2, 0.25) is 23.6 Å². The van der Waals surface area contributed by atoms with Crippen LogP contribution >= 0.6 is 0 Å². The van der Waals surface area contributed by atoms with E-state index in [0.717, 1.165) is 22.3 Å². The molecule has 0 saturated carbocycles. The van der Waals surface area contributed by atoms with E-state index in [1.54, 1.807) is 30.3 Å². The first-order valence-electron chi connectivity index (χ1n) is 19.8. The molecule has 4 aromatic rings. The zero-order chi connectivity index (χ0) is 42.0. The average molecular weight is 798 g/mol. The van der Waals surface area contributed by atoms with Crippen LogP contribution in [0.2, 0.25) is 0 Å². The Morgan fingerprint density at radius 2 is 1.24 bits per heavy atom. The minimum absolute atomic E-state index is 0.0342. The largest absolute Gasteiger partial charge is 0.480 e. The van der Waals surface area contributed by atoms with Gasteiger partial charge in [-0.1, -0.05) is 127 Å². The van der Waals surface area contributed by atoms with Gasteiger partial charge in [-0.2, -0.15) is 0 Å². The molecule has 0 bridgehead atoms. The van der Waals surface area contributed by atoms with Gasteiger partial charge >= 0.3 is 5.97 Å². The quantitative estimate of drug-likeness (QED) is 0.0734. The van der Waals surface area contributed by atoms with Crippen LogP contribution in [0.25, 0.3) is 11.1 Å². The number of carbonyl (C=O) groups excluding carboxylic acids is 5. The third kappa shape index (κ3) is 14.0. The molecule has 0 saturated heterocycles. The lowest BCUT2D eigenvalue weighted by Crippen LogP contribution is -2.58. The number of carboxylic acid groups (broad SMARTS) is 1. The number of hydrogen-bond acceptors (Lipinski definition) is 6. The highest BCUT2D eigenvalue weighted by Gasteiger charge is 2.32. The average Bonchev–Trinajstić information content (AvgIpc) is 3.26. The second-order valence-electron chi connectivity index (χ2n) is 14.5. The summed E-state index contributed by atoms with van der Waals surface area (Å²) in [6.45, 7) is 1.37. The molecule has 0 aliphatic heterocycles. The standard InChI is InChI=1S/C47H51N5O7/c1-32(47(58)59)49-45(56)40(30-34-16-8-3-9-17-34)52-46(57)41(31-35-22-25-37(26-23-35)36-18-10-4-11-19-36)51-44(55)39(27-24-33-14-6-2-7-15-33)50-42(53)28-29-48-43(54)38-20-12-5-13-21-38/h2-16,18-23,25-26,32,34,39-41H,17,24,27-31H2,1H3,(H,48,54)(H,49,56)(H,50,53)(H,51,55)(H,52,57)(H,58,59)/t32?,34?,39-,40-,41-/m1/s1. The van der Waals surface area contributed by atoms with Crippen LogP contribution in [0.3, 0.4) is 0 Å². The van der Waals surface area contributed by atoms with E-state index in [1.807, 2.05) is 109 Å². The van der Waals surface area contributed by atoms with Gasteiger partial charge in [-0.05, 0) is 72.9 Å². The van der Waals surface area contributed by atoms with Gasteiger partial charge in [0.25, 0.3) is 5.91 Å². The number of hydrogen-bond donors (Lipinski definition) is 6. The van der Waals surface area contributed by atoms with Crippen LogP contribution in [-0.2, 0) is 36.8 Å². The van der Waals surface area contributed by atoms with Crippen LogP contribution in [0.1, 0.15) is 54.1 Å². The Balaban J connectivity index is 1.36. The van der Waals surface area contributed by atoms with E-state index in [4.69, 9.17) is 0 Å². The van der Waals surface area contributed by atoms with Crippen molar-refractivity contribution in [3.63, 3.8) is 0 Å². The lowest BCUT2D eigenvalue weighted by atomic mass is 9.92. The monoisotopic (exact) mass is 797 g/mol. The lowest BCUT2D eigenvalue weighted by Gasteiger charge is -2.27. The second-order valence-corrected chi connectivity index (χ2v) is 14.5. The van der Waals surface area contributed by atoms with Crippen molar-refractivity contribution in [1.82, 2.24) is 26.6 Å². The molecule has 5 rings (SSSR count). The van der Waals surface area contributed by atoms with Gasteiger partial charge in [0.15, 0.2) is 0 Å². The summed E-state index contributed by atoms with van der Waals surface area (Å²) < 4.78 is 0. The van der Waals surface area contributed by atoms with Crippen molar-refractivity contribution in [1.29, 1.82) is 0 Å². The molecule has 12 nitrogen and oxygen atoms in total. The summed E-state index contributed by atoms with van der Waals surface area (Å²) in [4.78, 5) is 79.5. The maximum Gasteiger partial charge on any atom is 0.325 e. The Labute approximate surface area is 344 Å². The van der Waals surface area contributed by atoms with Crippen LogP contribution in [0.4, 0.5) is 0 Å². The third-order valence-electron chi connectivity index (χ3n) is 9.99. The SMILES string of the molecule is CC(NC(=O)[C@@H](CC1C=CC=CC1)NC(=O)[C@@H](Cc1ccc(-c2ccccc2)cc1)NC(=O)[C@@H](CCc1ccccc1)NC(=O)CCNC(=O)c1ccccc1)C(=O)O. The second kappa shape index (κ2) is 22.2. The maximum atomic E-state index is 14.3. The predicted molar refractivity (Wildman–Crippen MR) is 226 cm³/mol. The number of carbonyl (C=O) groups is 6. The molecule has 4 aromatic carbocycles. The summed E-state index contributed by atoms with van der Waals surface area (Å²) in [6.07, 6.45) is 9.02. The molecule has 0 aromatic heterocycles. The summed E-state index contributed by atoms with van der Waals surface area (Å²) in [6, 6.07) is 30.9. The zero-order valence-corrected chi connectivity index (χ0v) is 33.0. The minimum Gasteiger partial charge on any atom is -0.480 e. The fraction of sp³-hybridized carbons (Fsp3) is 0.277. The molecule has 59 heavy (non-hydrogen) atoms. The molecule has 1 aliphatic carbocycles. The summed E-state index contributed by atoms with van der Waals surface area (Å²) in [5.74, 6) is -4.06. The number of amides is 5. The van der Waals surface area contributed by atoms with E-state index < -0.39 is 53.8 Å². The number of carboxylic acids is 1. The Bertz CT molecular complexity index is 2090. The smallest absolute Gasteiger partial charge is 0.325 e. The summed E-state index contributed by atoms with van der Waals surface area (Å²) >= 11 is 0. The molecule has 0 fully saturated rings. The lowest BCUT2D eigenvalue weighted by molar-refractivity contribution is -0.142. The molecule has 2 unspecified atom stereocenters. The predicted octanol–water partition coefficient (Wildman–Crippen LogP) is 4.92. The molecule has 1 aliphatic rings. The van der Waals surface area contributed by atoms with Gasteiger partial charge in [0, 0.05) is 24.9 Å². The third-order valence-corrected chi connectivity index (χ3v) is 9.99. The number of aliphatic carboxylic acids is 1. The van der Waals surface area contributed by atoms with Crippen molar-refractivity contribution < 1.29 is 33.9 Å². The number of aryl methyl sites for hydroxylation is 1. The molecule has 6 N–H and O–H groups in total. The Morgan fingerprint density at radius 1 is 0.644 bits per heavy atom. The number of nitrogens with one attached hydrogen (secondary N) is 5. The molecule has 0 heterocycles. The first kappa shape index (κ1) is 43.3. The molecular formula is C47H51N5O7. The molecule has 306 valence electrons. The minimum atomic E-state index is -1.23. The Hall–Kier alpha value is -6.82. The molecule has 5 atom stereocenters. The van der Waals surface area contributed by atoms with Gasteiger partial charge in [-0.15, -0.1) is 0 Å². The number of benzene rings is 4.